The first-order valence-corrected chi connectivity index (χ1v) is 9.96. The minimum Gasteiger partial charge on any atom is -0.497 e. The summed E-state index contributed by atoms with van der Waals surface area (Å²) in [7, 11) is 1.66. The van der Waals surface area contributed by atoms with Crippen LogP contribution in [0.15, 0.2) is 42.5 Å². The fourth-order valence-corrected chi connectivity index (χ4v) is 4.03. The fourth-order valence-electron chi connectivity index (χ4n) is 3.54. The van der Waals surface area contributed by atoms with Gasteiger partial charge in [-0.1, -0.05) is 54.2 Å². The number of ether oxygens (including phenoxy) is 1. The van der Waals surface area contributed by atoms with Crippen molar-refractivity contribution in [3.63, 3.8) is 0 Å². The van der Waals surface area contributed by atoms with Crippen molar-refractivity contribution in [1.82, 2.24) is 4.90 Å². The monoisotopic (exact) mass is 406 g/mol. The molecule has 1 amide bonds. The Morgan fingerprint density at radius 2 is 1.81 bits per heavy atom. The van der Waals surface area contributed by atoms with Gasteiger partial charge in [-0.2, -0.15) is 0 Å². The first kappa shape index (κ1) is 20.0. The summed E-state index contributed by atoms with van der Waals surface area (Å²) in [5, 5.41) is 3.76. The summed E-state index contributed by atoms with van der Waals surface area (Å²) in [6, 6.07) is 13.5. The van der Waals surface area contributed by atoms with E-state index in [0.717, 1.165) is 31.6 Å². The molecule has 1 aliphatic rings. The smallest absolute Gasteiger partial charge is 0.238 e. The van der Waals surface area contributed by atoms with Crippen LogP contribution in [-0.2, 0) is 4.79 Å². The Labute approximate surface area is 170 Å². The SMILES string of the molecule is COc1ccc(C2CCCCCN2CC(=O)Nc2c(Cl)cccc2Cl)cc1. The van der Waals surface area contributed by atoms with Gasteiger partial charge in [0.1, 0.15) is 5.75 Å². The van der Waals surface area contributed by atoms with Gasteiger partial charge in [-0.15, -0.1) is 0 Å². The summed E-state index contributed by atoms with van der Waals surface area (Å²) in [4.78, 5) is 14.9. The minimum absolute atomic E-state index is 0.106. The number of amides is 1. The largest absolute Gasteiger partial charge is 0.497 e. The van der Waals surface area contributed by atoms with Crippen LogP contribution in [0.4, 0.5) is 5.69 Å². The quantitative estimate of drug-likeness (QED) is 0.706. The number of nitrogens with one attached hydrogen (secondary N) is 1. The fraction of sp³-hybridized carbons (Fsp3) is 0.381. The molecule has 1 fully saturated rings. The lowest BCUT2D eigenvalue weighted by Gasteiger charge is -2.30. The van der Waals surface area contributed by atoms with Crippen molar-refractivity contribution in [1.29, 1.82) is 0 Å². The van der Waals surface area contributed by atoms with E-state index in [-0.39, 0.29) is 11.9 Å². The number of para-hydroxylation sites is 1. The summed E-state index contributed by atoms with van der Waals surface area (Å²) in [5.41, 5.74) is 1.68. The van der Waals surface area contributed by atoms with E-state index in [1.54, 1.807) is 25.3 Å². The van der Waals surface area contributed by atoms with Gasteiger partial charge >= 0.3 is 0 Å². The number of hydrogen-bond acceptors (Lipinski definition) is 3. The minimum atomic E-state index is -0.106. The molecule has 0 spiro atoms. The molecule has 1 aliphatic heterocycles. The Morgan fingerprint density at radius 1 is 1.11 bits per heavy atom. The number of methoxy groups -OCH3 is 1. The summed E-state index contributed by atoms with van der Waals surface area (Å²) >= 11 is 12.3. The van der Waals surface area contributed by atoms with Crippen molar-refractivity contribution in [2.75, 3.05) is 25.5 Å². The third kappa shape index (κ3) is 5.16. The van der Waals surface area contributed by atoms with Gasteiger partial charge in [0.05, 0.1) is 29.4 Å². The van der Waals surface area contributed by atoms with E-state index in [4.69, 9.17) is 27.9 Å². The maximum Gasteiger partial charge on any atom is 0.238 e. The molecule has 0 radical (unpaired) electrons. The number of carbonyl (C=O) groups excluding carboxylic acids is 1. The summed E-state index contributed by atoms with van der Waals surface area (Å²) in [6.07, 6.45) is 4.46. The molecule has 1 unspecified atom stereocenters. The van der Waals surface area contributed by atoms with Crippen molar-refractivity contribution in [3.05, 3.63) is 58.1 Å². The van der Waals surface area contributed by atoms with Gasteiger partial charge in [-0.3, -0.25) is 9.69 Å². The number of likely N-dealkylation sites (tertiary alicyclic amines) is 1. The first-order chi connectivity index (χ1) is 13.1. The van der Waals surface area contributed by atoms with Crippen LogP contribution in [0.5, 0.6) is 5.75 Å². The van der Waals surface area contributed by atoms with E-state index < -0.39 is 0 Å². The third-order valence-corrected chi connectivity index (χ3v) is 5.57. The average Bonchev–Trinajstić information content (AvgIpc) is 2.90. The molecule has 0 aromatic heterocycles. The number of nitrogens with zero attached hydrogens (tertiary/aromatic N) is 1. The van der Waals surface area contributed by atoms with Crippen molar-refractivity contribution in [2.45, 2.75) is 31.7 Å². The number of halogens is 2. The lowest BCUT2D eigenvalue weighted by atomic mass is 10.0. The molecule has 4 nitrogen and oxygen atoms in total. The second-order valence-electron chi connectivity index (χ2n) is 6.75. The van der Waals surface area contributed by atoms with Crippen molar-refractivity contribution in [3.8, 4) is 5.75 Å². The molecule has 1 saturated heterocycles. The Hall–Kier alpha value is -1.75. The molecular formula is C21H24Cl2N2O2. The van der Waals surface area contributed by atoms with E-state index >= 15 is 0 Å². The van der Waals surface area contributed by atoms with E-state index in [0.29, 0.717) is 22.3 Å². The Balaban J connectivity index is 1.74. The molecule has 27 heavy (non-hydrogen) atoms. The maximum atomic E-state index is 12.7. The van der Waals surface area contributed by atoms with Gasteiger partial charge in [-0.25, -0.2) is 0 Å². The molecule has 2 aromatic rings. The molecule has 1 N–H and O–H groups in total. The first-order valence-electron chi connectivity index (χ1n) is 9.20. The van der Waals surface area contributed by atoms with Crippen molar-refractivity contribution in [2.24, 2.45) is 0 Å². The van der Waals surface area contributed by atoms with Crippen LogP contribution in [0.1, 0.15) is 37.3 Å². The summed E-state index contributed by atoms with van der Waals surface area (Å²) < 4.78 is 5.26. The van der Waals surface area contributed by atoms with Crippen LogP contribution in [-0.4, -0.2) is 31.0 Å². The molecule has 1 heterocycles. The van der Waals surface area contributed by atoms with Crippen molar-refractivity contribution < 1.29 is 9.53 Å². The predicted molar refractivity (Wildman–Crippen MR) is 111 cm³/mol. The standard InChI is InChI=1S/C21H24Cl2N2O2/c1-27-16-11-9-15(10-12-16)19-8-3-2-4-13-25(19)14-20(26)24-21-17(22)6-5-7-18(21)23/h5-7,9-12,19H,2-4,8,13-14H2,1H3,(H,24,26). The van der Waals surface area contributed by atoms with Crippen LogP contribution in [0.25, 0.3) is 0 Å². The number of anilines is 1. The van der Waals surface area contributed by atoms with E-state index in [9.17, 15) is 4.79 Å². The number of hydrogen-bond donors (Lipinski definition) is 1. The molecule has 6 heteroatoms. The van der Waals surface area contributed by atoms with Crippen molar-refractivity contribution >= 4 is 34.8 Å². The van der Waals surface area contributed by atoms with Gasteiger partial charge in [-0.05, 0) is 49.2 Å². The van der Waals surface area contributed by atoms with Crippen LogP contribution in [0, 0.1) is 0 Å². The zero-order valence-electron chi connectivity index (χ0n) is 15.4. The predicted octanol–water partition coefficient (Wildman–Crippen LogP) is 5.56. The molecular weight excluding hydrogens is 383 g/mol. The second kappa shape index (κ2) is 9.45. The molecule has 0 bridgehead atoms. The summed E-state index contributed by atoms with van der Waals surface area (Å²) in [5.74, 6) is 0.732. The average molecular weight is 407 g/mol. The van der Waals surface area contributed by atoms with Gasteiger partial charge in [0.25, 0.3) is 0 Å². The van der Waals surface area contributed by atoms with Gasteiger partial charge in [0.2, 0.25) is 5.91 Å². The number of carbonyl (C=O) groups is 1. The topological polar surface area (TPSA) is 41.6 Å². The van der Waals surface area contributed by atoms with E-state index in [1.807, 2.05) is 12.1 Å². The van der Waals surface area contributed by atoms with E-state index in [1.165, 1.54) is 12.0 Å². The molecule has 144 valence electrons. The highest BCUT2D eigenvalue weighted by Crippen LogP contribution is 2.32. The van der Waals surface area contributed by atoms with Gasteiger partial charge < -0.3 is 10.1 Å². The third-order valence-electron chi connectivity index (χ3n) is 4.94. The molecule has 3 rings (SSSR count). The normalized spacial score (nSPS) is 18.0. The summed E-state index contributed by atoms with van der Waals surface area (Å²) in [6.45, 7) is 1.19. The van der Waals surface area contributed by atoms with Crippen LogP contribution < -0.4 is 10.1 Å². The molecule has 2 aromatic carbocycles. The Morgan fingerprint density at radius 3 is 2.48 bits per heavy atom. The lowest BCUT2D eigenvalue weighted by molar-refractivity contribution is -0.117. The molecule has 1 atom stereocenters. The Bertz CT molecular complexity index is 760. The number of rotatable bonds is 5. The highest BCUT2D eigenvalue weighted by molar-refractivity contribution is 6.39. The van der Waals surface area contributed by atoms with Gasteiger partial charge in [0, 0.05) is 6.04 Å². The maximum absolute atomic E-state index is 12.7. The second-order valence-corrected chi connectivity index (χ2v) is 7.57. The zero-order chi connectivity index (χ0) is 19.2. The number of benzene rings is 2. The van der Waals surface area contributed by atoms with E-state index in [2.05, 4.69) is 22.3 Å². The highest BCUT2D eigenvalue weighted by atomic mass is 35.5. The van der Waals surface area contributed by atoms with Crippen LogP contribution in [0.2, 0.25) is 10.0 Å². The van der Waals surface area contributed by atoms with Crippen LogP contribution in [0.3, 0.4) is 0 Å². The van der Waals surface area contributed by atoms with Crippen LogP contribution >= 0.6 is 23.2 Å². The van der Waals surface area contributed by atoms with Gasteiger partial charge in [0.15, 0.2) is 0 Å². The molecule has 0 aliphatic carbocycles. The highest BCUT2D eigenvalue weighted by Gasteiger charge is 2.25. The lowest BCUT2D eigenvalue weighted by Crippen LogP contribution is -2.36. The zero-order valence-corrected chi connectivity index (χ0v) is 16.9. The molecule has 0 saturated carbocycles. The Kier molecular flexibility index (Phi) is 7.00.